The fraction of sp³-hybridized carbons (Fsp3) is 0.545. The molecule has 0 unspecified atom stereocenters. The molecule has 0 aromatic heterocycles. The Hall–Kier alpha value is -1.20. The van der Waals surface area contributed by atoms with E-state index in [0.29, 0.717) is 13.2 Å². The zero-order valence-corrected chi connectivity index (χ0v) is 17.8. The van der Waals surface area contributed by atoms with E-state index >= 15 is 0 Å². The minimum Gasteiger partial charge on any atom is -0.373 e. The van der Waals surface area contributed by atoms with E-state index in [1.165, 1.54) is 16.3 Å². The van der Waals surface area contributed by atoms with E-state index in [1.54, 1.807) is 0 Å². The van der Waals surface area contributed by atoms with E-state index < -0.39 is 8.80 Å². The minimum atomic E-state index is -2.80. The maximum atomic E-state index is 6.59. The van der Waals surface area contributed by atoms with Gasteiger partial charge in [-0.2, -0.15) is 0 Å². The zero-order valence-electron chi connectivity index (χ0n) is 16.8. The van der Waals surface area contributed by atoms with Crippen molar-refractivity contribution in [1.82, 2.24) is 0 Å². The highest BCUT2D eigenvalue weighted by molar-refractivity contribution is 6.60. The van der Waals surface area contributed by atoms with Crippen molar-refractivity contribution < 1.29 is 13.3 Å². The van der Waals surface area contributed by atoms with E-state index in [0.717, 1.165) is 31.7 Å². The molecule has 0 bridgehead atoms. The van der Waals surface area contributed by atoms with Crippen LogP contribution in [0.15, 0.2) is 42.5 Å². The maximum absolute atomic E-state index is 6.59. The Morgan fingerprint density at radius 3 is 2.04 bits per heavy atom. The second kappa shape index (κ2) is 10.8. The Kier molecular flexibility index (Phi) is 8.79. The molecule has 0 aliphatic carbocycles. The Labute approximate surface area is 160 Å². The third-order valence-electron chi connectivity index (χ3n) is 4.60. The average molecular weight is 375 g/mol. The van der Waals surface area contributed by atoms with Crippen LogP contribution in [0.5, 0.6) is 0 Å². The van der Waals surface area contributed by atoms with Crippen molar-refractivity contribution in [2.75, 3.05) is 13.2 Å². The Balaban J connectivity index is 2.38. The lowest BCUT2D eigenvalue weighted by Gasteiger charge is -2.33. The molecule has 0 N–H and O–H groups in total. The summed E-state index contributed by atoms with van der Waals surface area (Å²) >= 11 is 0. The molecule has 0 fully saturated rings. The number of hydrogen-bond donors (Lipinski definition) is 0. The summed E-state index contributed by atoms with van der Waals surface area (Å²) in [6, 6.07) is 15.7. The first kappa shape index (κ1) is 21.1. The molecular formula is C22H34O3Si. The molecule has 0 saturated heterocycles. The fourth-order valence-corrected chi connectivity index (χ4v) is 6.31. The molecule has 2 aromatic carbocycles. The SMILES string of the molecule is CCCO[Si](Cc1cccc2ccccc12)(OCCC)OC(CC)CC. The third-order valence-corrected chi connectivity index (χ3v) is 7.39. The van der Waals surface area contributed by atoms with Crippen LogP contribution in [0.25, 0.3) is 10.8 Å². The van der Waals surface area contributed by atoms with Crippen molar-refractivity contribution in [2.45, 2.75) is 65.5 Å². The van der Waals surface area contributed by atoms with Gasteiger partial charge in [0, 0.05) is 25.4 Å². The van der Waals surface area contributed by atoms with Crippen LogP contribution in [-0.2, 0) is 19.3 Å². The summed E-state index contributed by atoms with van der Waals surface area (Å²) in [4.78, 5) is 0. The third kappa shape index (κ3) is 5.65. The van der Waals surface area contributed by atoms with E-state index in [9.17, 15) is 0 Å². The van der Waals surface area contributed by atoms with Gasteiger partial charge in [-0.1, -0.05) is 70.2 Å². The van der Waals surface area contributed by atoms with Gasteiger partial charge in [0.1, 0.15) is 0 Å². The van der Waals surface area contributed by atoms with Gasteiger partial charge in [-0.3, -0.25) is 0 Å². The van der Waals surface area contributed by atoms with E-state index in [-0.39, 0.29) is 6.10 Å². The highest BCUT2D eigenvalue weighted by Crippen LogP contribution is 2.26. The summed E-state index contributed by atoms with van der Waals surface area (Å²) in [6.07, 6.45) is 4.07. The van der Waals surface area contributed by atoms with Crippen LogP contribution in [0.4, 0.5) is 0 Å². The quantitative estimate of drug-likeness (QED) is 0.432. The molecule has 0 radical (unpaired) electrons. The van der Waals surface area contributed by atoms with Gasteiger partial charge in [0.05, 0.1) is 0 Å². The summed E-state index contributed by atoms with van der Waals surface area (Å²) < 4.78 is 19.3. The van der Waals surface area contributed by atoms with Gasteiger partial charge < -0.3 is 13.3 Å². The molecule has 3 nitrogen and oxygen atoms in total. The predicted molar refractivity (Wildman–Crippen MR) is 111 cm³/mol. The average Bonchev–Trinajstić information content (AvgIpc) is 2.69. The number of benzene rings is 2. The van der Waals surface area contributed by atoms with Crippen LogP contribution in [0.2, 0.25) is 0 Å². The smallest absolute Gasteiger partial charge is 0.373 e. The Morgan fingerprint density at radius 1 is 0.808 bits per heavy atom. The first-order valence-electron chi connectivity index (χ1n) is 10.1. The van der Waals surface area contributed by atoms with Crippen LogP contribution in [0.3, 0.4) is 0 Å². The number of rotatable bonds is 12. The lowest BCUT2D eigenvalue weighted by molar-refractivity contribution is 0.0230. The molecule has 4 heteroatoms. The van der Waals surface area contributed by atoms with Crippen molar-refractivity contribution in [3.05, 3.63) is 48.0 Å². The van der Waals surface area contributed by atoms with Crippen LogP contribution in [-0.4, -0.2) is 28.1 Å². The van der Waals surface area contributed by atoms with Crippen molar-refractivity contribution in [3.8, 4) is 0 Å². The predicted octanol–water partition coefficient (Wildman–Crippen LogP) is 5.92. The first-order chi connectivity index (χ1) is 12.7. The van der Waals surface area contributed by atoms with Gasteiger partial charge in [-0.05, 0) is 42.0 Å². The highest BCUT2D eigenvalue weighted by Gasteiger charge is 2.43. The number of hydrogen-bond acceptors (Lipinski definition) is 3. The standard InChI is InChI=1S/C22H34O3Si/c1-5-16-23-26(24-17-6-2,25-21(7-3)8-4)18-20-14-11-13-19-12-9-10-15-22(19)20/h9-15,21H,5-8,16-18H2,1-4H3. The molecule has 0 heterocycles. The molecular weight excluding hydrogens is 340 g/mol. The lowest BCUT2D eigenvalue weighted by atomic mass is 10.1. The minimum absolute atomic E-state index is 0.186. The molecule has 0 saturated carbocycles. The summed E-state index contributed by atoms with van der Waals surface area (Å²) in [5.74, 6) is 0. The van der Waals surface area contributed by atoms with Crippen molar-refractivity contribution in [3.63, 3.8) is 0 Å². The van der Waals surface area contributed by atoms with Gasteiger partial charge in [0.15, 0.2) is 0 Å². The largest absolute Gasteiger partial charge is 0.505 e. The molecule has 26 heavy (non-hydrogen) atoms. The topological polar surface area (TPSA) is 27.7 Å². The van der Waals surface area contributed by atoms with E-state index in [1.807, 2.05) is 0 Å². The van der Waals surface area contributed by atoms with Crippen LogP contribution >= 0.6 is 0 Å². The molecule has 2 aromatic rings. The van der Waals surface area contributed by atoms with Crippen molar-refractivity contribution >= 4 is 19.6 Å². The monoisotopic (exact) mass is 374 g/mol. The molecule has 0 aliphatic rings. The second-order valence-corrected chi connectivity index (χ2v) is 9.28. The lowest BCUT2D eigenvalue weighted by Crippen LogP contribution is -2.51. The van der Waals surface area contributed by atoms with E-state index in [4.69, 9.17) is 13.3 Å². The van der Waals surface area contributed by atoms with Gasteiger partial charge in [-0.15, -0.1) is 0 Å². The maximum Gasteiger partial charge on any atom is 0.505 e. The molecule has 0 aliphatic heterocycles. The van der Waals surface area contributed by atoms with E-state index in [2.05, 4.69) is 70.2 Å². The molecule has 0 amide bonds. The van der Waals surface area contributed by atoms with Crippen LogP contribution in [0, 0.1) is 0 Å². The Morgan fingerprint density at radius 2 is 1.42 bits per heavy atom. The van der Waals surface area contributed by atoms with Gasteiger partial charge in [-0.25, -0.2) is 0 Å². The number of fused-ring (bicyclic) bond motifs is 1. The van der Waals surface area contributed by atoms with Crippen LogP contribution in [0.1, 0.15) is 58.9 Å². The summed E-state index contributed by atoms with van der Waals surface area (Å²) in [7, 11) is -2.80. The van der Waals surface area contributed by atoms with Gasteiger partial charge >= 0.3 is 8.80 Å². The Bertz CT molecular complexity index is 641. The molecule has 2 rings (SSSR count). The summed E-state index contributed by atoms with van der Waals surface area (Å²) in [5, 5.41) is 2.52. The molecule has 144 valence electrons. The normalized spacial score (nSPS) is 12.2. The van der Waals surface area contributed by atoms with Gasteiger partial charge in [0.2, 0.25) is 0 Å². The summed E-state index contributed by atoms with van der Waals surface area (Å²) in [6.45, 7) is 9.97. The summed E-state index contributed by atoms with van der Waals surface area (Å²) in [5.41, 5.74) is 1.26. The zero-order chi connectivity index (χ0) is 18.8. The van der Waals surface area contributed by atoms with Crippen molar-refractivity contribution in [1.29, 1.82) is 0 Å². The fourth-order valence-electron chi connectivity index (χ4n) is 3.16. The highest BCUT2D eigenvalue weighted by atomic mass is 28.4. The van der Waals surface area contributed by atoms with Crippen LogP contribution < -0.4 is 0 Å². The first-order valence-corrected chi connectivity index (χ1v) is 12.0. The molecule has 0 spiro atoms. The molecule has 0 atom stereocenters. The second-order valence-electron chi connectivity index (χ2n) is 6.75. The van der Waals surface area contributed by atoms with Gasteiger partial charge in [0.25, 0.3) is 0 Å². The van der Waals surface area contributed by atoms with Crippen molar-refractivity contribution in [2.24, 2.45) is 0 Å².